The van der Waals surface area contributed by atoms with E-state index in [4.69, 9.17) is 16.9 Å². The van der Waals surface area contributed by atoms with Gasteiger partial charge in [0.05, 0.1) is 49.0 Å². The Hall–Kier alpha value is -2.46. The summed E-state index contributed by atoms with van der Waals surface area (Å²) in [5.74, 6) is -0.124. The maximum atomic E-state index is 13.1. The number of rotatable bonds is 5. The smallest absolute Gasteiger partial charge is 0.260 e. The lowest BCUT2D eigenvalue weighted by atomic mass is 10.1. The normalized spacial score (nSPS) is 10.9. The molecule has 3 rings (SSSR count). The summed E-state index contributed by atoms with van der Waals surface area (Å²) < 4.78 is 0.947. The van der Waals surface area contributed by atoms with Crippen molar-refractivity contribution in [1.29, 1.82) is 5.26 Å². The molecule has 0 aliphatic rings. The Labute approximate surface area is 161 Å². The van der Waals surface area contributed by atoms with E-state index in [0.717, 1.165) is 16.8 Å². The minimum absolute atomic E-state index is 0.124. The minimum Gasteiger partial charge on any atom is -0.338 e. The van der Waals surface area contributed by atoms with E-state index in [2.05, 4.69) is 11.1 Å². The number of fused-ring (bicyclic) bond motifs is 1. The molecule has 7 heteroatoms. The number of hydrogen-bond donors (Lipinski definition) is 1. The van der Waals surface area contributed by atoms with E-state index < -0.39 is 0 Å². The number of quaternary nitrogens is 1. The van der Waals surface area contributed by atoms with Crippen LogP contribution in [0.3, 0.4) is 0 Å². The van der Waals surface area contributed by atoms with Crippen LogP contribution in [-0.2, 0) is 0 Å². The molecule has 0 radical (unpaired) electrons. The van der Waals surface area contributed by atoms with Crippen molar-refractivity contribution in [2.75, 3.05) is 32.1 Å². The highest BCUT2D eigenvalue weighted by molar-refractivity contribution is 7.22. The molecule has 1 N–H and O–H groups in total. The van der Waals surface area contributed by atoms with E-state index in [9.17, 15) is 4.79 Å². The molecule has 0 saturated heterocycles. The Kier molecular flexibility index (Phi) is 5.52. The third-order valence-corrected chi connectivity index (χ3v) is 5.19. The molecule has 0 saturated carbocycles. The van der Waals surface area contributed by atoms with Crippen LogP contribution in [0.1, 0.15) is 15.9 Å². The lowest BCUT2D eigenvalue weighted by molar-refractivity contribution is -0.856. The van der Waals surface area contributed by atoms with Gasteiger partial charge < -0.3 is 4.90 Å². The van der Waals surface area contributed by atoms with Crippen molar-refractivity contribution in [1.82, 2.24) is 4.98 Å². The molecule has 0 fully saturated rings. The summed E-state index contributed by atoms with van der Waals surface area (Å²) >= 11 is 7.52. The van der Waals surface area contributed by atoms with Crippen LogP contribution in [0, 0.1) is 11.3 Å². The molecule has 26 heavy (non-hydrogen) atoms. The van der Waals surface area contributed by atoms with Crippen molar-refractivity contribution >= 4 is 44.2 Å². The molecule has 132 valence electrons. The van der Waals surface area contributed by atoms with E-state index in [1.54, 1.807) is 35.2 Å². The molecule has 1 aromatic heterocycles. The number of likely N-dealkylation sites (N-methyl/N-ethyl adjacent to an activating group) is 1. The maximum Gasteiger partial charge on any atom is 0.260 e. The minimum atomic E-state index is -0.124. The summed E-state index contributed by atoms with van der Waals surface area (Å²) in [4.78, 5) is 20.6. The van der Waals surface area contributed by atoms with Crippen LogP contribution < -0.4 is 9.80 Å². The number of thiazole rings is 1. The fraction of sp³-hybridized carbons (Fsp3) is 0.211. The van der Waals surface area contributed by atoms with Gasteiger partial charge in [-0.1, -0.05) is 22.9 Å². The fourth-order valence-electron chi connectivity index (χ4n) is 2.46. The van der Waals surface area contributed by atoms with Crippen LogP contribution in [0.5, 0.6) is 0 Å². The van der Waals surface area contributed by atoms with Gasteiger partial charge in [0, 0.05) is 10.6 Å². The number of carbonyl (C=O) groups is 1. The van der Waals surface area contributed by atoms with Crippen molar-refractivity contribution in [3.8, 4) is 6.07 Å². The molecular formula is C19H18ClN4OS+. The summed E-state index contributed by atoms with van der Waals surface area (Å²) in [6.07, 6.45) is 0. The summed E-state index contributed by atoms with van der Waals surface area (Å²) in [5, 5.41) is 10.2. The fourth-order valence-corrected chi connectivity index (χ4v) is 3.73. The van der Waals surface area contributed by atoms with Crippen LogP contribution in [0.25, 0.3) is 10.2 Å². The van der Waals surface area contributed by atoms with Gasteiger partial charge in [-0.05, 0) is 42.5 Å². The van der Waals surface area contributed by atoms with Gasteiger partial charge in [0.2, 0.25) is 0 Å². The third kappa shape index (κ3) is 4.02. The number of benzene rings is 2. The molecule has 0 atom stereocenters. The Bertz CT molecular complexity index is 975. The van der Waals surface area contributed by atoms with Crippen LogP contribution in [-0.4, -0.2) is 38.1 Å². The molecule has 0 bridgehead atoms. The summed E-state index contributed by atoms with van der Waals surface area (Å²) in [6, 6.07) is 14.3. The SMILES string of the molecule is C[NH+](C)CCN(C(=O)c1ccc(C#N)cc1)c1nc2ccc(Cl)cc2s1. The van der Waals surface area contributed by atoms with Gasteiger partial charge in [-0.3, -0.25) is 9.69 Å². The quantitative estimate of drug-likeness (QED) is 0.734. The number of nitriles is 1. The largest absolute Gasteiger partial charge is 0.338 e. The molecule has 0 unspecified atom stereocenters. The number of aromatic nitrogens is 1. The lowest BCUT2D eigenvalue weighted by Gasteiger charge is -2.20. The standard InChI is InChI=1S/C19H17ClN4OS/c1-23(2)9-10-24(18(25)14-5-3-13(12-21)4-6-14)19-22-16-8-7-15(20)11-17(16)26-19/h3-8,11H,9-10H2,1-2H3/p+1. The van der Waals surface area contributed by atoms with Crippen molar-refractivity contribution < 1.29 is 9.69 Å². The summed E-state index contributed by atoms with van der Waals surface area (Å²) in [5.41, 5.74) is 1.89. The number of amides is 1. The number of anilines is 1. The lowest BCUT2D eigenvalue weighted by Crippen LogP contribution is -3.06. The third-order valence-electron chi connectivity index (χ3n) is 3.91. The van der Waals surface area contributed by atoms with E-state index in [-0.39, 0.29) is 5.91 Å². The monoisotopic (exact) mass is 385 g/mol. The second-order valence-corrected chi connectivity index (χ2v) is 7.66. The van der Waals surface area contributed by atoms with Crippen molar-refractivity contribution in [2.45, 2.75) is 0 Å². The van der Waals surface area contributed by atoms with E-state index in [1.807, 2.05) is 26.2 Å². The summed E-state index contributed by atoms with van der Waals surface area (Å²) in [6.45, 7) is 1.34. The van der Waals surface area contributed by atoms with Gasteiger partial charge in [-0.15, -0.1) is 0 Å². The van der Waals surface area contributed by atoms with Crippen LogP contribution in [0.4, 0.5) is 5.13 Å². The highest BCUT2D eigenvalue weighted by atomic mass is 35.5. The predicted molar refractivity (Wildman–Crippen MR) is 105 cm³/mol. The zero-order valence-electron chi connectivity index (χ0n) is 14.5. The van der Waals surface area contributed by atoms with Gasteiger partial charge in [-0.25, -0.2) is 4.98 Å². The van der Waals surface area contributed by atoms with Crippen molar-refractivity contribution in [3.05, 3.63) is 58.6 Å². The number of carbonyl (C=O) groups excluding carboxylic acids is 1. The van der Waals surface area contributed by atoms with Crippen LogP contribution in [0.2, 0.25) is 5.02 Å². The molecular weight excluding hydrogens is 368 g/mol. The Morgan fingerprint density at radius 3 is 2.65 bits per heavy atom. The van der Waals surface area contributed by atoms with Gasteiger partial charge >= 0.3 is 0 Å². The maximum absolute atomic E-state index is 13.1. The second-order valence-electron chi connectivity index (χ2n) is 6.21. The average Bonchev–Trinajstić information content (AvgIpc) is 3.04. The predicted octanol–water partition coefficient (Wildman–Crippen LogP) is 2.61. The molecule has 1 heterocycles. The van der Waals surface area contributed by atoms with E-state index in [1.165, 1.54) is 16.2 Å². The first-order valence-electron chi connectivity index (χ1n) is 8.15. The van der Waals surface area contributed by atoms with E-state index >= 15 is 0 Å². The molecule has 0 spiro atoms. The zero-order chi connectivity index (χ0) is 18.7. The molecule has 1 amide bonds. The van der Waals surface area contributed by atoms with Crippen LogP contribution >= 0.6 is 22.9 Å². The van der Waals surface area contributed by atoms with Gasteiger partial charge in [0.25, 0.3) is 5.91 Å². The molecule has 5 nitrogen and oxygen atoms in total. The summed E-state index contributed by atoms with van der Waals surface area (Å²) in [7, 11) is 4.09. The van der Waals surface area contributed by atoms with Gasteiger partial charge in [0.1, 0.15) is 0 Å². The average molecular weight is 386 g/mol. The zero-order valence-corrected chi connectivity index (χ0v) is 16.1. The first-order valence-corrected chi connectivity index (χ1v) is 9.34. The highest BCUT2D eigenvalue weighted by Crippen LogP contribution is 2.31. The second kappa shape index (κ2) is 7.83. The number of hydrogen-bond acceptors (Lipinski definition) is 4. The molecule has 2 aromatic carbocycles. The molecule has 0 aliphatic carbocycles. The molecule has 0 aliphatic heterocycles. The topological polar surface area (TPSA) is 61.4 Å². The van der Waals surface area contributed by atoms with Gasteiger partial charge in [0.15, 0.2) is 5.13 Å². The number of halogens is 1. The van der Waals surface area contributed by atoms with Crippen molar-refractivity contribution in [2.24, 2.45) is 0 Å². The number of nitrogens with one attached hydrogen (secondary N) is 1. The Morgan fingerprint density at radius 1 is 1.27 bits per heavy atom. The van der Waals surface area contributed by atoms with Gasteiger partial charge in [-0.2, -0.15) is 5.26 Å². The van der Waals surface area contributed by atoms with E-state index in [0.29, 0.717) is 27.8 Å². The first-order chi connectivity index (χ1) is 12.5. The Morgan fingerprint density at radius 2 is 2.00 bits per heavy atom. The van der Waals surface area contributed by atoms with Crippen LogP contribution in [0.15, 0.2) is 42.5 Å². The number of nitrogens with zero attached hydrogens (tertiary/aromatic N) is 3. The highest BCUT2D eigenvalue weighted by Gasteiger charge is 2.22. The van der Waals surface area contributed by atoms with Crippen molar-refractivity contribution in [3.63, 3.8) is 0 Å². The Balaban J connectivity index is 1.97. The molecule has 3 aromatic rings. The first kappa shape index (κ1) is 18.3.